The monoisotopic (exact) mass is 326 g/mol. The molecular weight excluding hydrogens is 311 g/mol. The highest BCUT2D eigenvalue weighted by molar-refractivity contribution is 5.92. The number of hydrogen-bond acceptors (Lipinski definition) is 4. The van der Waals surface area contributed by atoms with E-state index in [0.29, 0.717) is 11.3 Å². The highest BCUT2D eigenvalue weighted by Crippen LogP contribution is 2.18. The summed E-state index contributed by atoms with van der Waals surface area (Å²) in [5, 5.41) is 15.6. The van der Waals surface area contributed by atoms with Gasteiger partial charge in [0, 0.05) is 23.7 Å². The molecule has 0 saturated heterocycles. The zero-order valence-electron chi connectivity index (χ0n) is 12.7. The van der Waals surface area contributed by atoms with Crippen molar-refractivity contribution in [3.63, 3.8) is 0 Å². The SMILES string of the molecule is O=C(NCc1ccc(F)c(CO)c1)c1cc(-c2ccccc2)no1. The van der Waals surface area contributed by atoms with Crippen molar-refractivity contribution >= 4 is 5.91 Å². The Bertz CT molecular complexity index is 846. The topological polar surface area (TPSA) is 75.4 Å². The van der Waals surface area contributed by atoms with E-state index in [1.807, 2.05) is 30.3 Å². The number of amides is 1. The quantitative estimate of drug-likeness (QED) is 0.756. The Kier molecular flexibility index (Phi) is 4.67. The van der Waals surface area contributed by atoms with E-state index >= 15 is 0 Å². The molecule has 3 aromatic rings. The number of carbonyl (C=O) groups is 1. The lowest BCUT2D eigenvalue weighted by Gasteiger charge is -2.05. The predicted octanol–water partition coefficient (Wildman–Crippen LogP) is 2.90. The Morgan fingerprint density at radius 2 is 1.96 bits per heavy atom. The zero-order valence-corrected chi connectivity index (χ0v) is 12.7. The largest absolute Gasteiger partial charge is 0.392 e. The van der Waals surface area contributed by atoms with Gasteiger partial charge in [0.15, 0.2) is 0 Å². The maximum Gasteiger partial charge on any atom is 0.290 e. The Hall–Kier alpha value is -2.99. The summed E-state index contributed by atoms with van der Waals surface area (Å²) in [7, 11) is 0. The van der Waals surface area contributed by atoms with Crippen LogP contribution < -0.4 is 5.32 Å². The second-order valence-electron chi connectivity index (χ2n) is 5.21. The summed E-state index contributed by atoms with van der Waals surface area (Å²) < 4.78 is 18.4. The molecule has 122 valence electrons. The van der Waals surface area contributed by atoms with Crippen LogP contribution in [-0.2, 0) is 13.2 Å². The molecule has 1 aromatic heterocycles. The van der Waals surface area contributed by atoms with E-state index in [9.17, 15) is 9.18 Å². The summed E-state index contributed by atoms with van der Waals surface area (Å²) in [5.74, 6) is -0.798. The number of halogens is 1. The Labute approximate surface area is 137 Å². The van der Waals surface area contributed by atoms with Gasteiger partial charge in [-0.1, -0.05) is 41.6 Å². The third-order valence-electron chi connectivity index (χ3n) is 3.54. The normalized spacial score (nSPS) is 10.6. The van der Waals surface area contributed by atoms with Gasteiger partial charge in [0.1, 0.15) is 11.5 Å². The second-order valence-corrected chi connectivity index (χ2v) is 5.21. The van der Waals surface area contributed by atoms with Crippen LogP contribution in [0.5, 0.6) is 0 Å². The molecule has 6 heteroatoms. The average Bonchev–Trinajstić information content (AvgIpc) is 3.12. The van der Waals surface area contributed by atoms with Crippen molar-refractivity contribution in [2.24, 2.45) is 0 Å². The van der Waals surface area contributed by atoms with Gasteiger partial charge in [-0.3, -0.25) is 4.79 Å². The standard InChI is InChI=1S/C18H15FN2O3/c19-15-7-6-12(8-14(15)11-22)10-20-18(23)17-9-16(21-24-17)13-4-2-1-3-5-13/h1-9,22H,10-11H2,(H,20,23). The first-order valence-corrected chi connectivity index (χ1v) is 7.36. The molecule has 0 aliphatic rings. The Balaban J connectivity index is 1.67. The van der Waals surface area contributed by atoms with E-state index in [0.717, 1.165) is 5.56 Å². The van der Waals surface area contributed by atoms with Gasteiger partial charge in [-0.05, 0) is 17.7 Å². The smallest absolute Gasteiger partial charge is 0.290 e. The molecule has 0 fully saturated rings. The number of benzene rings is 2. The van der Waals surface area contributed by atoms with E-state index in [2.05, 4.69) is 10.5 Å². The number of rotatable bonds is 5. The van der Waals surface area contributed by atoms with Gasteiger partial charge in [-0.25, -0.2) is 4.39 Å². The fourth-order valence-corrected chi connectivity index (χ4v) is 2.26. The average molecular weight is 326 g/mol. The lowest BCUT2D eigenvalue weighted by atomic mass is 10.1. The summed E-state index contributed by atoms with van der Waals surface area (Å²) in [6, 6.07) is 15.2. The molecule has 0 aliphatic heterocycles. The molecule has 0 radical (unpaired) electrons. The van der Waals surface area contributed by atoms with E-state index < -0.39 is 18.3 Å². The first-order valence-electron chi connectivity index (χ1n) is 7.36. The molecule has 5 nitrogen and oxygen atoms in total. The van der Waals surface area contributed by atoms with Crippen LogP contribution in [0.3, 0.4) is 0 Å². The van der Waals surface area contributed by atoms with Crippen LogP contribution in [-0.4, -0.2) is 16.2 Å². The summed E-state index contributed by atoms with van der Waals surface area (Å²) in [5.41, 5.74) is 2.29. The van der Waals surface area contributed by atoms with Crippen molar-refractivity contribution in [1.29, 1.82) is 0 Å². The van der Waals surface area contributed by atoms with Crippen molar-refractivity contribution in [1.82, 2.24) is 10.5 Å². The third kappa shape index (κ3) is 3.49. The van der Waals surface area contributed by atoms with Crippen molar-refractivity contribution in [3.8, 4) is 11.3 Å². The van der Waals surface area contributed by atoms with Crippen molar-refractivity contribution in [2.45, 2.75) is 13.2 Å². The molecular formula is C18H15FN2O3. The van der Waals surface area contributed by atoms with Crippen molar-refractivity contribution < 1.29 is 18.8 Å². The van der Waals surface area contributed by atoms with Gasteiger partial charge < -0.3 is 14.9 Å². The lowest BCUT2D eigenvalue weighted by molar-refractivity contribution is 0.0914. The van der Waals surface area contributed by atoms with Gasteiger partial charge in [0.2, 0.25) is 5.76 Å². The molecule has 0 unspecified atom stereocenters. The minimum absolute atomic E-state index is 0.0957. The maximum atomic E-state index is 13.3. The van der Waals surface area contributed by atoms with Crippen LogP contribution in [0.1, 0.15) is 21.7 Å². The number of hydrogen-bond donors (Lipinski definition) is 2. The van der Waals surface area contributed by atoms with Crippen molar-refractivity contribution in [3.05, 3.63) is 77.3 Å². The van der Waals surface area contributed by atoms with E-state index in [4.69, 9.17) is 9.63 Å². The fraction of sp³-hybridized carbons (Fsp3) is 0.111. The molecule has 24 heavy (non-hydrogen) atoms. The van der Waals surface area contributed by atoms with Crippen LogP contribution in [0.15, 0.2) is 59.1 Å². The van der Waals surface area contributed by atoms with Crippen LogP contribution in [0, 0.1) is 5.82 Å². The molecule has 2 aromatic carbocycles. The highest BCUT2D eigenvalue weighted by atomic mass is 19.1. The first kappa shape index (κ1) is 15.9. The molecule has 0 aliphatic carbocycles. The summed E-state index contributed by atoms with van der Waals surface area (Å²) in [6.45, 7) is -0.205. The van der Waals surface area contributed by atoms with Gasteiger partial charge in [0.25, 0.3) is 5.91 Å². The number of aliphatic hydroxyl groups excluding tert-OH is 1. The molecule has 0 saturated carbocycles. The fourth-order valence-electron chi connectivity index (χ4n) is 2.26. The molecule has 0 spiro atoms. The Morgan fingerprint density at radius 1 is 1.17 bits per heavy atom. The van der Waals surface area contributed by atoms with Crippen molar-refractivity contribution in [2.75, 3.05) is 0 Å². The van der Waals surface area contributed by atoms with Gasteiger partial charge in [0.05, 0.1) is 6.61 Å². The van der Waals surface area contributed by atoms with Gasteiger partial charge in [-0.15, -0.1) is 0 Å². The van der Waals surface area contributed by atoms with Gasteiger partial charge >= 0.3 is 0 Å². The van der Waals surface area contributed by atoms with Crippen LogP contribution >= 0.6 is 0 Å². The van der Waals surface area contributed by atoms with Gasteiger partial charge in [-0.2, -0.15) is 0 Å². The Morgan fingerprint density at radius 3 is 2.71 bits per heavy atom. The number of aliphatic hydroxyl groups is 1. The number of nitrogens with one attached hydrogen (secondary N) is 1. The molecule has 1 amide bonds. The van der Waals surface area contributed by atoms with Crippen LogP contribution in [0.4, 0.5) is 4.39 Å². The second kappa shape index (κ2) is 7.06. The first-order chi connectivity index (χ1) is 11.7. The predicted molar refractivity (Wildman–Crippen MR) is 85.4 cm³/mol. The van der Waals surface area contributed by atoms with E-state index in [1.165, 1.54) is 12.1 Å². The molecule has 1 heterocycles. The van der Waals surface area contributed by atoms with E-state index in [1.54, 1.807) is 12.1 Å². The maximum absolute atomic E-state index is 13.3. The number of carbonyl (C=O) groups excluding carboxylic acids is 1. The van der Waals surface area contributed by atoms with Crippen LogP contribution in [0.2, 0.25) is 0 Å². The minimum atomic E-state index is -0.477. The minimum Gasteiger partial charge on any atom is -0.392 e. The van der Waals surface area contributed by atoms with E-state index in [-0.39, 0.29) is 17.9 Å². The van der Waals surface area contributed by atoms with Crippen LogP contribution in [0.25, 0.3) is 11.3 Å². The number of nitrogens with zero attached hydrogens (tertiary/aromatic N) is 1. The highest BCUT2D eigenvalue weighted by Gasteiger charge is 2.14. The number of aromatic nitrogens is 1. The summed E-state index contributed by atoms with van der Waals surface area (Å²) >= 11 is 0. The molecule has 2 N–H and O–H groups in total. The third-order valence-corrected chi connectivity index (χ3v) is 3.54. The lowest BCUT2D eigenvalue weighted by Crippen LogP contribution is -2.22. The zero-order chi connectivity index (χ0) is 16.9. The molecule has 0 atom stereocenters. The summed E-state index contributed by atoms with van der Waals surface area (Å²) in [6.07, 6.45) is 0. The molecule has 3 rings (SSSR count). The summed E-state index contributed by atoms with van der Waals surface area (Å²) in [4.78, 5) is 12.1. The molecule has 0 bridgehead atoms.